The molecule has 2 amide bonds. The number of fused-ring (bicyclic) bond motifs is 1. The van der Waals surface area contributed by atoms with Crippen molar-refractivity contribution in [2.75, 3.05) is 6.61 Å². The van der Waals surface area contributed by atoms with Crippen LogP contribution in [0.2, 0.25) is 0 Å². The van der Waals surface area contributed by atoms with Gasteiger partial charge in [-0.3, -0.25) is 20.4 Å². The van der Waals surface area contributed by atoms with Crippen molar-refractivity contribution in [3.05, 3.63) is 83.4 Å². The topological polar surface area (TPSA) is 67.4 Å². The van der Waals surface area contributed by atoms with E-state index in [9.17, 15) is 9.59 Å². The Labute approximate surface area is 164 Å². The second-order valence-electron chi connectivity index (χ2n) is 6.43. The predicted molar refractivity (Wildman–Crippen MR) is 111 cm³/mol. The molecular weight excluding hydrogens is 352 g/mol. The maximum absolute atomic E-state index is 12.0. The molecule has 3 aromatic rings. The molecule has 3 rings (SSSR count). The van der Waals surface area contributed by atoms with E-state index in [0.717, 1.165) is 27.5 Å². The first-order valence-corrected chi connectivity index (χ1v) is 8.98. The molecule has 0 fully saturated rings. The third-order valence-corrected chi connectivity index (χ3v) is 4.48. The van der Waals surface area contributed by atoms with Crippen molar-refractivity contribution in [2.45, 2.75) is 13.8 Å². The summed E-state index contributed by atoms with van der Waals surface area (Å²) >= 11 is 0. The van der Waals surface area contributed by atoms with Crippen LogP contribution in [0.25, 0.3) is 16.8 Å². The molecule has 0 bridgehead atoms. The molecule has 0 aliphatic rings. The fraction of sp³-hybridized carbons (Fsp3) is 0.130. The van der Waals surface area contributed by atoms with Crippen LogP contribution in [-0.2, 0) is 9.59 Å². The van der Waals surface area contributed by atoms with Gasteiger partial charge in [-0.2, -0.15) is 0 Å². The van der Waals surface area contributed by atoms with Crippen molar-refractivity contribution in [2.24, 2.45) is 0 Å². The lowest BCUT2D eigenvalue weighted by Crippen LogP contribution is -2.43. The molecule has 0 saturated heterocycles. The molecule has 0 radical (unpaired) electrons. The Balaban J connectivity index is 1.51. The zero-order chi connectivity index (χ0) is 19.9. The van der Waals surface area contributed by atoms with Gasteiger partial charge < -0.3 is 4.74 Å². The predicted octanol–water partition coefficient (Wildman–Crippen LogP) is 3.70. The Morgan fingerprint density at radius 2 is 1.68 bits per heavy atom. The monoisotopic (exact) mass is 374 g/mol. The summed E-state index contributed by atoms with van der Waals surface area (Å²) in [5.74, 6) is -0.210. The average Bonchev–Trinajstić information content (AvgIpc) is 2.71. The SMILES string of the molecule is Cc1cccc(OCC(=O)NNC(=O)/C=C/c2cccc3ccccc23)c1C. The van der Waals surface area contributed by atoms with Crippen molar-refractivity contribution in [3.8, 4) is 5.75 Å². The highest BCUT2D eigenvalue weighted by molar-refractivity contribution is 5.97. The van der Waals surface area contributed by atoms with Crippen LogP contribution < -0.4 is 15.6 Å². The molecular formula is C23H22N2O3. The van der Waals surface area contributed by atoms with Crippen LogP contribution in [0.5, 0.6) is 5.75 Å². The Morgan fingerprint density at radius 3 is 2.54 bits per heavy atom. The molecule has 2 N–H and O–H groups in total. The number of benzene rings is 3. The number of carbonyl (C=O) groups is 2. The summed E-state index contributed by atoms with van der Waals surface area (Å²) in [6.07, 6.45) is 3.10. The zero-order valence-corrected chi connectivity index (χ0v) is 15.9. The normalized spacial score (nSPS) is 10.8. The van der Waals surface area contributed by atoms with E-state index in [-0.39, 0.29) is 6.61 Å². The molecule has 0 unspecified atom stereocenters. The molecule has 0 aliphatic carbocycles. The van der Waals surface area contributed by atoms with E-state index in [0.29, 0.717) is 5.75 Å². The smallest absolute Gasteiger partial charge is 0.276 e. The second kappa shape index (κ2) is 8.86. The number of hydrogen-bond acceptors (Lipinski definition) is 3. The van der Waals surface area contributed by atoms with Crippen LogP contribution >= 0.6 is 0 Å². The third kappa shape index (κ3) is 4.76. The van der Waals surface area contributed by atoms with Gasteiger partial charge in [-0.25, -0.2) is 0 Å². The average molecular weight is 374 g/mol. The van der Waals surface area contributed by atoms with Crippen molar-refractivity contribution < 1.29 is 14.3 Å². The first-order chi connectivity index (χ1) is 13.5. The molecule has 28 heavy (non-hydrogen) atoms. The van der Waals surface area contributed by atoms with E-state index in [4.69, 9.17) is 4.74 Å². The number of hydrazine groups is 1. The zero-order valence-electron chi connectivity index (χ0n) is 15.9. The van der Waals surface area contributed by atoms with Crippen molar-refractivity contribution >= 4 is 28.7 Å². The number of carbonyl (C=O) groups excluding carboxylic acids is 2. The van der Waals surface area contributed by atoms with Gasteiger partial charge in [0, 0.05) is 6.08 Å². The first kappa shape index (κ1) is 19.2. The van der Waals surface area contributed by atoms with Crippen LogP contribution in [0.4, 0.5) is 0 Å². The van der Waals surface area contributed by atoms with E-state index in [1.54, 1.807) is 12.1 Å². The fourth-order valence-electron chi connectivity index (χ4n) is 2.79. The number of amides is 2. The number of hydrogen-bond donors (Lipinski definition) is 2. The minimum atomic E-state index is -0.437. The van der Waals surface area contributed by atoms with Gasteiger partial charge in [0.1, 0.15) is 5.75 Å². The number of rotatable bonds is 5. The number of nitrogens with one attached hydrogen (secondary N) is 2. The minimum Gasteiger partial charge on any atom is -0.483 e. The molecule has 0 atom stereocenters. The van der Waals surface area contributed by atoms with Gasteiger partial charge in [0.05, 0.1) is 0 Å². The summed E-state index contributed by atoms with van der Waals surface area (Å²) in [5, 5.41) is 2.15. The Bertz CT molecular complexity index is 1040. The Kier molecular flexibility index (Phi) is 6.07. The van der Waals surface area contributed by atoms with Crippen LogP contribution in [-0.4, -0.2) is 18.4 Å². The highest BCUT2D eigenvalue weighted by Crippen LogP contribution is 2.20. The summed E-state index contributed by atoms with van der Waals surface area (Å²) < 4.78 is 5.51. The molecule has 5 heteroatoms. The Hall–Kier alpha value is -3.60. The third-order valence-electron chi connectivity index (χ3n) is 4.48. The standard InChI is InChI=1S/C23H22N2O3/c1-16-7-5-12-21(17(16)2)28-15-23(27)25-24-22(26)14-13-19-10-6-9-18-8-3-4-11-20(18)19/h3-14H,15H2,1-2H3,(H,24,26)(H,25,27)/b14-13+. The molecule has 0 aromatic heterocycles. The fourth-order valence-corrected chi connectivity index (χ4v) is 2.79. The van der Waals surface area contributed by atoms with E-state index < -0.39 is 11.8 Å². The summed E-state index contributed by atoms with van der Waals surface area (Å²) in [6, 6.07) is 19.5. The largest absolute Gasteiger partial charge is 0.483 e. The lowest BCUT2D eigenvalue weighted by atomic mass is 10.0. The highest BCUT2D eigenvalue weighted by atomic mass is 16.5. The summed E-state index contributed by atoms with van der Waals surface area (Å²) in [7, 11) is 0. The van der Waals surface area contributed by atoms with Gasteiger partial charge in [-0.1, -0.05) is 54.6 Å². The van der Waals surface area contributed by atoms with Crippen LogP contribution in [0.15, 0.2) is 66.7 Å². The van der Waals surface area contributed by atoms with Crippen LogP contribution in [0.3, 0.4) is 0 Å². The molecule has 3 aromatic carbocycles. The second-order valence-corrected chi connectivity index (χ2v) is 6.43. The van der Waals surface area contributed by atoms with Gasteiger partial charge in [0.15, 0.2) is 6.61 Å². The van der Waals surface area contributed by atoms with Crippen molar-refractivity contribution in [1.82, 2.24) is 10.9 Å². The number of ether oxygens (including phenoxy) is 1. The molecule has 0 heterocycles. The van der Waals surface area contributed by atoms with Crippen LogP contribution in [0.1, 0.15) is 16.7 Å². The van der Waals surface area contributed by atoms with E-state index in [1.165, 1.54) is 6.08 Å². The van der Waals surface area contributed by atoms with E-state index in [1.807, 2.05) is 68.4 Å². The van der Waals surface area contributed by atoms with Gasteiger partial charge in [-0.05, 0) is 53.5 Å². The van der Waals surface area contributed by atoms with Gasteiger partial charge >= 0.3 is 0 Å². The quantitative estimate of drug-likeness (QED) is 0.529. The maximum atomic E-state index is 12.0. The minimum absolute atomic E-state index is 0.183. The molecule has 0 aliphatic heterocycles. The molecule has 0 saturated carbocycles. The lowest BCUT2D eigenvalue weighted by molar-refractivity contribution is -0.128. The van der Waals surface area contributed by atoms with Gasteiger partial charge in [0.25, 0.3) is 11.8 Å². The molecule has 5 nitrogen and oxygen atoms in total. The van der Waals surface area contributed by atoms with E-state index in [2.05, 4.69) is 10.9 Å². The lowest BCUT2D eigenvalue weighted by Gasteiger charge is -2.11. The van der Waals surface area contributed by atoms with Crippen molar-refractivity contribution in [1.29, 1.82) is 0 Å². The first-order valence-electron chi connectivity index (χ1n) is 8.98. The maximum Gasteiger partial charge on any atom is 0.276 e. The summed E-state index contributed by atoms with van der Waals surface area (Å²) in [4.78, 5) is 23.9. The summed E-state index contributed by atoms with van der Waals surface area (Å²) in [5.41, 5.74) is 7.70. The van der Waals surface area contributed by atoms with E-state index >= 15 is 0 Å². The van der Waals surface area contributed by atoms with Crippen LogP contribution in [0, 0.1) is 13.8 Å². The van der Waals surface area contributed by atoms with Gasteiger partial charge in [-0.15, -0.1) is 0 Å². The number of aryl methyl sites for hydroxylation is 1. The van der Waals surface area contributed by atoms with Gasteiger partial charge in [0.2, 0.25) is 0 Å². The molecule has 0 spiro atoms. The van der Waals surface area contributed by atoms with Crippen molar-refractivity contribution in [3.63, 3.8) is 0 Å². The Morgan fingerprint density at radius 1 is 0.929 bits per heavy atom. The summed E-state index contributed by atoms with van der Waals surface area (Å²) in [6.45, 7) is 3.73. The highest BCUT2D eigenvalue weighted by Gasteiger charge is 2.07. The molecule has 142 valence electrons.